The van der Waals surface area contributed by atoms with E-state index in [1.54, 1.807) is 0 Å². The molecule has 0 spiro atoms. The van der Waals surface area contributed by atoms with E-state index in [1.807, 2.05) is 37.3 Å². The van der Waals surface area contributed by atoms with E-state index in [-0.39, 0.29) is 5.97 Å². The lowest BCUT2D eigenvalue weighted by Crippen LogP contribution is -2.22. The van der Waals surface area contributed by atoms with E-state index in [0.29, 0.717) is 26.1 Å². The van der Waals surface area contributed by atoms with Crippen LogP contribution < -0.4 is 9.64 Å². The fourth-order valence-electron chi connectivity index (χ4n) is 4.23. The van der Waals surface area contributed by atoms with Crippen molar-refractivity contribution in [3.05, 3.63) is 108 Å². The highest BCUT2D eigenvalue weighted by molar-refractivity contribution is 5.83. The molecule has 0 saturated carbocycles. The summed E-state index contributed by atoms with van der Waals surface area (Å²) in [7, 11) is 2.12. The molecule has 4 aromatic carbocycles. The van der Waals surface area contributed by atoms with Crippen LogP contribution in [0.2, 0.25) is 0 Å². The van der Waals surface area contributed by atoms with Gasteiger partial charge in [-0.2, -0.15) is 0 Å². The summed E-state index contributed by atoms with van der Waals surface area (Å²) in [4.78, 5) is 14.3. The van der Waals surface area contributed by atoms with Crippen LogP contribution in [0.5, 0.6) is 5.75 Å². The summed E-state index contributed by atoms with van der Waals surface area (Å²) in [6.45, 7) is 3.61. The van der Waals surface area contributed by atoms with Crippen molar-refractivity contribution >= 4 is 22.4 Å². The van der Waals surface area contributed by atoms with Crippen LogP contribution in [0.25, 0.3) is 10.8 Å². The van der Waals surface area contributed by atoms with Crippen molar-refractivity contribution in [3.63, 3.8) is 0 Å². The zero-order chi connectivity index (χ0) is 24.5. The van der Waals surface area contributed by atoms with E-state index in [1.165, 1.54) is 16.3 Å². The van der Waals surface area contributed by atoms with Crippen molar-refractivity contribution in [2.45, 2.75) is 32.8 Å². The first-order chi connectivity index (χ1) is 17.1. The summed E-state index contributed by atoms with van der Waals surface area (Å²) in [6.07, 6.45) is 1.96. The van der Waals surface area contributed by atoms with Gasteiger partial charge >= 0.3 is 5.97 Å². The van der Waals surface area contributed by atoms with Crippen LogP contribution in [0.15, 0.2) is 91.0 Å². The normalized spacial score (nSPS) is 10.8. The van der Waals surface area contributed by atoms with E-state index in [0.717, 1.165) is 35.5 Å². The van der Waals surface area contributed by atoms with Crippen molar-refractivity contribution in [2.24, 2.45) is 0 Å². The summed E-state index contributed by atoms with van der Waals surface area (Å²) in [5.41, 5.74) is 4.68. The molecule has 0 saturated heterocycles. The second-order valence-electron chi connectivity index (χ2n) is 8.72. The topological polar surface area (TPSA) is 38.8 Å². The number of fused-ring (bicyclic) bond motifs is 1. The Morgan fingerprint density at radius 1 is 0.800 bits per heavy atom. The summed E-state index contributed by atoms with van der Waals surface area (Å²) >= 11 is 0. The Morgan fingerprint density at radius 3 is 2.34 bits per heavy atom. The summed E-state index contributed by atoms with van der Waals surface area (Å²) in [6, 6.07) is 31.4. The minimum atomic E-state index is -0.159. The summed E-state index contributed by atoms with van der Waals surface area (Å²) < 4.78 is 11.1. The molecule has 35 heavy (non-hydrogen) atoms. The van der Waals surface area contributed by atoms with Gasteiger partial charge in [-0.05, 0) is 65.4 Å². The van der Waals surface area contributed by atoms with Crippen molar-refractivity contribution < 1.29 is 14.3 Å². The quantitative estimate of drug-likeness (QED) is 0.233. The standard InChI is InChI=1S/C31H33NO3/c1-3-34-31(33)18-17-27-16-14-25(23-35-29-11-5-4-6-12-29)22-30(27)32(2)20-19-24-13-15-26-9-7-8-10-28(26)21-24/h4-16,21-22H,3,17-20,23H2,1-2H3. The Morgan fingerprint density at radius 2 is 1.54 bits per heavy atom. The fraction of sp³-hybridized carbons (Fsp3) is 0.258. The highest BCUT2D eigenvalue weighted by Crippen LogP contribution is 2.25. The van der Waals surface area contributed by atoms with Gasteiger partial charge in [-0.25, -0.2) is 0 Å². The molecule has 0 unspecified atom stereocenters. The Labute approximate surface area is 208 Å². The maximum Gasteiger partial charge on any atom is 0.306 e. The van der Waals surface area contributed by atoms with Gasteiger partial charge in [0.05, 0.1) is 6.61 Å². The number of nitrogens with zero attached hydrogens (tertiary/aromatic N) is 1. The van der Waals surface area contributed by atoms with E-state index < -0.39 is 0 Å². The Kier molecular flexibility index (Phi) is 8.39. The van der Waals surface area contributed by atoms with E-state index in [2.05, 4.69) is 72.6 Å². The van der Waals surface area contributed by atoms with Crippen molar-refractivity contribution in [1.82, 2.24) is 0 Å². The van der Waals surface area contributed by atoms with Gasteiger partial charge in [0.25, 0.3) is 0 Å². The number of aryl methyl sites for hydroxylation is 1. The first-order valence-electron chi connectivity index (χ1n) is 12.3. The molecule has 0 N–H and O–H groups in total. The minimum Gasteiger partial charge on any atom is -0.489 e. The zero-order valence-electron chi connectivity index (χ0n) is 20.6. The molecule has 0 amide bonds. The molecule has 0 fully saturated rings. The molecular formula is C31H33NO3. The van der Waals surface area contributed by atoms with Gasteiger partial charge in [-0.3, -0.25) is 4.79 Å². The van der Waals surface area contributed by atoms with Gasteiger partial charge in [0, 0.05) is 25.7 Å². The van der Waals surface area contributed by atoms with Crippen LogP contribution in [-0.2, 0) is 29.0 Å². The summed E-state index contributed by atoms with van der Waals surface area (Å²) in [5.74, 6) is 0.693. The molecule has 4 aromatic rings. The zero-order valence-corrected chi connectivity index (χ0v) is 20.6. The fourth-order valence-corrected chi connectivity index (χ4v) is 4.23. The third-order valence-electron chi connectivity index (χ3n) is 6.16. The monoisotopic (exact) mass is 467 g/mol. The van der Waals surface area contributed by atoms with Crippen LogP contribution >= 0.6 is 0 Å². The smallest absolute Gasteiger partial charge is 0.306 e. The maximum atomic E-state index is 12.0. The SMILES string of the molecule is CCOC(=O)CCc1ccc(COc2ccccc2)cc1N(C)CCc1ccc2ccccc2c1. The van der Waals surface area contributed by atoms with Crippen LogP contribution in [0.3, 0.4) is 0 Å². The van der Waals surface area contributed by atoms with Gasteiger partial charge in [-0.1, -0.05) is 72.8 Å². The lowest BCUT2D eigenvalue weighted by atomic mass is 10.0. The van der Waals surface area contributed by atoms with Gasteiger partial charge in [0.2, 0.25) is 0 Å². The predicted molar refractivity (Wildman–Crippen MR) is 143 cm³/mol. The molecule has 0 radical (unpaired) electrons. The molecule has 0 aliphatic carbocycles. The lowest BCUT2D eigenvalue weighted by Gasteiger charge is -2.24. The minimum absolute atomic E-state index is 0.159. The van der Waals surface area contributed by atoms with Crippen LogP contribution in [0.1, 0.15) is 30.0 Å². The predicted octanol–water partition coefficient (Wildman–Crippen LogP) is 6.59. The number of benzene rings is 4. The number of hydrogen-bond acceptors (Lipinski definition) is 4. The molecule has 4 rings (SSSR count). The van der Waals surface area contributed by atoms with Gasteiger partial charge in [-0.15, -0.1) is 0 Å². The largest absolute Gasteiger partial charge is 0.489 e. The molecule has 180 valence electrons. The number of ether oxygens (including phenoxy) is 2. The van der Waals surface area contributed by atoms with Gasteiger partial charge in [0.15, 0.2) is 0 Å². The van der Waals surface area contributed by atoms with Crippen molar-refractivity contribution in [2.75, 3.05) is 25.1 Å². The highest BCUT2D eigenvalue weighted by Gasteiger charge is 2.12. The molecule has 0 bridgehead atoms. The lowest BCUT2D eigenvalue weighted by molar-refractivity contribution is -0.143. The van der Waals surface area contributed by atoms with E-state index >= 15 is 0 Å². The third kappa shape index (κ3) is 6.86. The Hall–Kier alpha value is -3.79. The second-order valence-corrected chi connectivity index (χ2v) is 8.72. The Balaban J connectivity index is 1.48. The first-order valence-corrected chi connectivity index (χ1v) is 12.3. The third-order valence-corrected chi connectivity index (χ3v) is 6.16. The van der Waals surface area contributed by atoms with Crippen LogP contribution in [0, 0.1) is 0 Å². The molecule has 4 nitrogen and oxygen atoms in total. The van der Waals surface area contributed by atoms with Crippen molar-refractivity contribution in [1.29, 1.82) is 0 Å². The molecule has 0 aliphatic rings. The number of anilines is 1. The van der Waals surface area contributed by atoms with Crippen molar-refractivity contribution in [3.8, 4) is 5.75 Å². The molecule has 0 aromatic heterocycles. The van der Waals surface area contributed by atoms with Crippen LogP contribution in [-0.4, -0.2) is 26.2 Å². The van der Waals surface area contributed by atoms with E-state index in [9.17, 15) is 4.79 Å². The molecule has 0 heterocycles. The van der Waals surface area contributed by atoms with Gasteiger partial charge in [0.1, 0.15) is 12.4 Å². The molecular weight excluding hydrogens is 434 g/mol. The number of rotatable bonds is 11. The number of carbonyl (C=O) groups is 1. The average molecular weight is 468 g/mol. The number of hydrogen-bond donors (Lipinski definition) is 0. The number of carbonyl (C=O) groups excluding carboxylic acids is 1. The molecule has 0 atom stereocenters. The second kappa shape index (κ2) is 12.1. The maximum absolute atomic E-state index is 12.0. The van der Waals surface area contributed by atoms with Gasteiger partial charge < -0.3 is 14.4 Å². The molecule has 0 aliphatic heterocycles. The Bertz CT molecular complexity index is 1250. The van der Waals surface area contributed by atoms with E-state index in [4.69, 9.17) is 9.47 Å². The molecule has 4 heteroatoms. The summed E-state index contributed by atoms with van der Waals surface area (Å²) in [5, 5.41) is 2.53. The number of esters is 1. The first kappa shape index (κ1) is 24.3. The number of likely N-dealkylation sites (N-methyl/N-ethyl adjacent to an activating group) is 1. The van der Waals surface area contributed by atoms with Crippen LogP contribution in [0.4, 0.5) is 5.69 Å². The highest BCUT2D eigenvalue weighted by atomic mass is 16.5. The number of para-hydroxylation sites is 1. The average Bonchev–Trinajstić information content (AvgIpc) is 2.90.